The Hall–Kier alpha value is -2.91. The molecule has 0 bridgehead atoms. The second kappa shape index (κ2) is 9.73. The first-order chi connectivity index (χ1) is 14.3. The first-order valence-electron chi connectivity index (χ1n) is 9.55. The van der Waals surface area contributed by atoms with Crippen molar-refractivity contribution in [3.8, 4) is 5.75 Å². The lowest BCUT2D eigenvalue weighted by Gasteiger charge is -2.12. The van der Waals surface area contributed by atoms with Gasteiger partial charge in [-0.15, -0.1) is 0 Å². The van der Waals surface area contributed by atoms with Gasteiger partial charge < -0.3 is 20.1 Å². The number of anilines is 2. The van der Waals surface area contributed by atoms with E-state index in [0.29, 0.717) is 35.7 Å². The van der Waals surface area contributed by atoms with Gasteiger partial charge in [0.2, 0.25) is 0 Å². The highest BCUT2D eigenvalue weighted by atomic mass is 32.2. The van der Waals surface area contributed by atoms with Gasteiger partial charge >= 0.3 is 0 Å². The molecule has 0 radical (unpaired) electrons. The third-order valence-corrected chi connectivity index (χ3v) is 5.34. The summed E-state index contributed by atoms with van der Waals surface area (Å²) in [6, 6.07) is 13.3. The molecule has 0 aromatic heterocycles. The Morgan fingerprint density at radius 3 is 2.53 bits per heavy atom. The average molecular weight is 432 g/mol. The Morgan fingerprint density at radius 2 is 1.83 bits per heavy atom. The summed E-state index contributed by atoms with van der Waals surface area (Å²) in [6.45, 7) is 0.611. The minimum Gasteiger partial charge on any atom is -0.492 e. The minimum absolute atomic E-state index is 0.0304. The third-order valence-electron chi connectivity index (χ3n) is 4.43. The molecular weight excluding hydrogens is 408 g/mol. The maximum atomic E-state index is 12.6. The highest BCUT2D eigenvalue weighted by Gasteiger charge is 2.23. The fourth-order valence-electron chi connectivity index (χ4n) is 2.92. The molecule has 2 N–H and O–H groups in total. The topological polar surface area (TPSA) is 111 Å². The van der Waals surface area contributed by atoms with Gasteiger partial charge in [-0.2, -0.15) is 0 Å². The van der Waals surface area contributed by atoms with Gasteiger partial charge in [0.15, 0.2) is 9.84 Å². The van der Waals surface area contributed by atoms with Gasteiger partial charge in [-0.05, 0) is 43.2 Å². The van der Waals surface area contributed by atoms with Crippen LogP contribution >= 0.6 is 0 Å². The lowest BCUT2D eigenvalue weighted by atomic mass is 10.1. The molecule has 160 valence electrons. The van der Waals surface area contributed by atoms with Crippen molar-refractivity contribution in [2.75, 3.05) is 35.9 Å². The van der Waals surface area contributed by atoms with Crippen molar-refractivity contribution in [3.05, 3.63) is 54.1 Å². The van der Waals surface area contributed by atoms with Gasteiger partial charge in [-0.1, -0.05) is 12.1 Å². The van der Waals surface area contributed by atoms with Crippen LogP contribution in [-0.2, 0) is 19.4 Å². The highest BCUT2D eigenvalue weighted by molar-refractivity contribution is 7.90. The van der Waals surface area contributed by atoms with Crippen molar-refractivity contribution in [2.45, 2.75) is 18.9 Å². The van der Waals surface area contributed by atoms with Crippen molar-refractivity contribution >= 4 is 33.0 Å². The zero-order valence-electron chi connectivity index (χ0n) is 16.6. The Bertz CT molecular complexity index is 1020. The quantitative estimate of drug-likeness (QED) is 0.663. The molecule has 0 spiro atoms. The molecule has 0 saturated carbocycles. The smallest absolute Gasteiger partial charge is 0.255 e. The van der Waals surface area contributed by atoms with Crippen LogP contribution in [0.3, 0.4) is 0 Å². The van der Waals surface area contributed by atoms with Crippen molar-refractivity contribution in [1.29, 1.82) is 0 Å². The van der Waals surface area contributed by atoms with Crippen LogP contribution < -0.4 is 15.4 Å². The number of rotatable bonds is 8. The molecule has 3 rings (SSSR count). The van der Waals surface area contributed by atoms with Crippen LogP contribution in [0.25, 0.3) is 0 Å². The molecule has 1 aliphatic heterocycles. The maximum absolute atomic E-state index is 12.6. The van der Waals surface area contributed by atoms with Crippen LogP contribution in [0, 0.1) is 0 Å². The fraction of sp³-hybridized carbons (Fsp3) is 0.333. The molecule has 30 heavy (non-hydrogen) atoms. The van der Waals surface area contributed by atoms with Gasteiger partial charge in [0.25, 0.3) is 11.8 Å². The second-order valence-corrected chi connectivity index (χ2v) is 9.29. The molecule has 2 amide bonds. The Balaban J connectivity index is 1.60. The van der Waals surface area contributed by atoms with Gasteiger partial charge in [-0.25, -0.2) is 8.42 Å². The summed E-state index contributed by atoms with van der Waals surface area (Å²) in [5.74, 6) is -0.205. The van der Waals surface area contributed by atoms with E-state index < -0.39 is 15.9 Å². The minimum atomic E-state index is -3.11. The highest BCUT2D eigenvalue weighted by Crippen LogP contribution is 2.20. The van der Waals surface area contributed by atoms with E-state index in [-0.39, 0.29) is 24.2 Å². The number of carbonyl (C=O) groups excluding carboxylic acids is 2. The van der Waals surface area contributed by atoms with Crippen molar-refractivity contribution in [2.24, 2.45) is 0 Å². The molecule has 1 saturated heterocycles. The van der Waals surface area contributed by atoms with E-state index in [9.17, 15) is 18.0 Å². The van der Waals surface area contributed by atoms with E-state index in [1.807, 2.05) is 0 Å². The number of carbonyl (C=O) groups is 2. The Kier molecular flexibility index (Phi) is 7.07. The molecule has 1 aliphatic rings. The predicted molar refractivity (Wildman–Crippen MR) is 114 cm³/mol. The molecule has 2 aromatic rings. The van der Waals surface area contributed by atoms with Crippen molar-refractivity contribution < 1.29 is 27.5 Å². The fourth-order valence-corrected chi connectivity index (χ4v) is 3.31. The lowest BCUT2D eigenvalue weighted by Crippen LogP contribution is -2.27. The number of amides is 2. The molecule has 8 nitrogen and oxygen atoms in total. The van der Waals surface area contributed by atoms with E-state index in [4.69, 9.17) is 9.47 Å². The first-order valence-corrected chi connectivity index (χ1v) is 11.6. The average Bonchev–Trinajstić information content (AvgIpc) is 3.22. The van der Waals surface area contributed by atoms with Crippen LogP contribution in [0.1, 0.15) is 23.2 Å². The first kappa shape index (κ1) is 21.8. The standard InChI is InChI=1S/C21H24N2O6S/c1-30(26,27)12-11-28-18-8-3-7-17(14-18)22-20(24)15-5-2-6-16(13-15)23-21(25)19-9-4-10-29-19/h2-3,5-8,13-14,19H,4,9-12H2,1H3,(H,22,24)(H,23,25). The summed E-state index contributed by atoms with van der Waals surface area (Å²) in [4.78, 5) is 24.8. The van der Waals surface area contributed by atoms with Crippen molar-refractivity contribution in [1.82, 2.24) is 0 Å². The van der Waals surface area contributed by atoms with E-state index >= 15 is 0 Å². The predicted octanol–water partition coefficient (Wildman–Crippen LogP) is 2.48. The maximum Gasteiger partial charge on any atom is 0.255 e. The van der Waals surface area contributed by atoms with Crippen LogP contribution in [0.4, 0.5) is 11.4 Å². The lowest BCUT2D eigenvalue weighted by molar-refractivity contribution is -0.124. The Labute approximate surface area is 175 Å². The summed E-state index contributed by atoms with van der Waals surface area (Å²) < 4.78 is 33.2. The molecule has 9 heteroatoms. The zero-order valence-corrected chi connectivity index (χ0v) is 17.4. The van der Waals surface area contributed by atoms with Crippen LogP contribution in [0.15, 0.2) is 48.5 Å². The number of ether oxygens (including phenoxy) is 2. The molecule has 1 unspecified atom stereocenters. The summed E-state index contributed by atoms with van der Waals surface area (Å²) in [6.07, 6.45) is 2.24. The number of hydrogen-bond acceptors (Lipinski definition) is 6. The third kappa shape index (κ3) is 6.57. The van der Waals surface area contributed by atoms with E-state index in [1.54, 1.807) is 48.5 Å². The molecule has 1 atom stereocenters. The molecule has 0 aliphatic carbocycles. The van der Waals surface area contributed by atoms with E-state index in [1.165, 1.54) is 0 Å². The van der Waals surface area contributed by atoms with Crippen LogP contribution in [0.2, 0.25) is 0 Å². The summed E-state index contributed by atoms with van der Waals surface area (Å²) >= 11 is 0. The summed E-state index contributed by atoms with van der Waals surface area (Å²) in [5, 5.41) is 5.54. The normalized spacial score (nSPS) is 16.1. The molecule has 1 heterocycles. The van der Waals surface area contributed by atoms with Gasteiger partial charge in [0.05, 0.1) is 5.75 Å². The second-order valence-electron chi connectivity index (χ2n) is 7.03. The Morgan fingerprint density at radius 1 is 1.10 bits per heavy atom. The molecule has 1 fully saturated rings. The van der Waals surface area contributed by atoms with Gasteiger partial charge in [-0.3, -0.25) is 9.59 Å². The van der Waals surface area contributed by atoms with E-state index in [2.05, 4.69) is 10.6 Å². The van der Waals surface area contributed by atoms with Gasteiger partial charge in [0.1, 0.15) is 18.5 Å². The largest absolute Gasteiger partial charge is 0.492 e. The zero-order chi connectivity index (χ0) is 21.6. The number of benzene rings is 2. The molecular formula is C21H24N2O6S. The van der Waals surface area contributed by atoms with Crippen molar-refractivity contribution in [3.63, 3.8) is 0 Å². The number of hydrogen-bond donors (Lipinski definition) is 2. The number of sulfone groups is 1. The summed E-state index contributed by atoms with van der Waals surface area (Å²) in [5.41, 5.74) is 1.40. The monoisotopic (exact) mass is 432 g/mol. The van der Waals surface area contributed by atoms with Crippen LogP contribution in [0.5, 0.6) is 5.75 Å². The van der Waals surface area contributed by atoms with E-state index in [0.717, 1.165) is 12.7 Å². The number of nitrogens with one attached hydrogen (secondary N) is 2. The van der Waals surface area contributed by atoms with Gasteiger partial charge in [0, 0.05) is 35.9 Å². The summed E-state index contributed by atoms with van der Waals surface area (Å²) in [7, 11) is -3.11. The van der Waals surface area contributed by atoms with Crippen LogP contribution in [-0.4, -0.2) is 51.6 Å². The SMILES string of the molecule is CS(=O)(=O)CCOc1cccc(NC(=O)c2cccc(NC(=O)C3CCCO3)c2)c1. The molecule has 2 aromatic carbocycles.